The number of hydrogen-bond acceptors (Lipinski definition) is 5. The zero-order valence-corrected chi connectivity index (χ0v) is 36.0. The molecular formula is C47H92NO5+. The van der Waals surface area contributed by atoms with Crippen LogP contribution in [-0.2, 0) is 19.1 Å². The van der Waals surface area contributed by atoms with Crippen LogP contribution in [0.5, 0.6) is 0 Å². The van der Waals surface area contributed by atoms with E-state index in [4.69, 9.17) is 9.47 Å². The normalized spacial score (nSPS) is 12.3. The van der Waals surface area contributed by atoms with E-state index in [1.54, 1.807) is 0 Å². The molecule has 6 heteroatoms. The van der Waals surface area contributed by atoms with Crippen LogP contribution in [0, 0.1) is 0 Å². The zero-order chi connectivity index (χ0) is 38.7. The highest BCUT2D eigenvalue weighted by Gasteiger charge is 2.14. The first kappa shape index (κ1) is 51.6. The maximum absolute atomic E-state index is 12.7. The van der Waals surface area contributed by atoms with E-state index in [1.165, 1.54) is 161 Å². The molecule has 0 amide bonds. The van der Waals surface area contributed by atoms with Crippen molar-refractivity contribution >= 4 is 18.2 Å². The van der Waals surface area contributed by atoms with Gasteiger partial charge in [0.2, 0.25) is 0 Å². The first-order valence-corrected chi connectivity index (χ1v) is 23.6. The van der Waals surface area contributed by atoms with Gasteiger partial charge in [0.15, 0.2) is 6.54 Å². The number of ether oxygens (including phenoxy) is 2. The van der Waals surface area contributed by atoms with E-state index >= 15 is 0 Å². The quantitative estimate of drug-likeness (QED) is 0.0291. The lowest BCUT2D eigenvalue weighted by molar-refractivity contribution is -0.527. The van der Waals surface area contributed by atoms with Gasteiger partial charge in [-0.2, -0.15) is 0 Å². The van der Waals surface area contributed by atoms with Crippen molar-refractivity contribution < 1.29 is 28.7 Å². The first-order valence-electron chi connectivity index (χ1n) is 23.6. The number of esters is 2. The van der Waals surface area contributed by atoms with E-state index in [-0.39, 0.29) is 24.6 Å². The van der Waals surface area contributed by atoms with Crippen LogP contribution in [0.25, 0.3) is 0 Å². The number of carbonyl (C=O) groups excluding carboxylic acids is 2. The van der Waals surface area contributed by atoms with Crippen LogP contribution in [0.2, 0.25) is 0 Å². The van der Waals surface area contributed by atoms with E-state index in [0.29, 0.717) is 19.4 Å². The second-order valence-corrected chi connectivity index (χ2v) is 16.0. The highest BCUT2D eigenvalue weighted by Crippen LogP contribution is 2.18. The van der Waals surface area contributed by atoms with Gasteiger partial charge in [0.1, 0.15) is 25.5 Å². The van der Waals surface area contributed by atoms with E-state index in [2.05, 4.69) is 31.6 Å². The molecule has 0 fully saturated rings. The molecule has 0 radical (unpaired) electrons. The fraction of sp³-hybridized carbons (Fsp3) is 0.936. The summed E-state index contributed by atoms with van der Waals surface area (Å²) >= 11 is 0. The Morgan fingerprint density at radius 1 is 0.491 bits per heavy atom. The Kier molecular flexibility index (Phi) is 42.1. The van der Waals surface area contributed by atoms with Gasteiger partial charge in [0.25, 0.3) is 0 Å². The lowest BCUT2D eigenvalue weighted by Gasteiger charge is -2.18. The Morgan fingerprint density at radius 3 is 1.43 bits per heavy atom. The van der Waals surface area contributed by atoms with Crippen molar-refractivity contribution in [1.82, 2.24) is 0 Å². The van der Waals surface area contributed by atoms with Crippen molar-refractivity contribution in [2.75, 3.05) is 26.3 Å². The van der Waals surface area contributed by atoms with Crippen molar-refractivity contribution in [3.63, 3.8) is 0 Å². The number of unbranched alkanes of at least 4 members (excludes halogenated alkanes) is 27. The van der Waals surface area contributed by atoms with Gasteiger partial charge in [0.05, 0.1) is 6.61 Å². The van der Waals surface area contributed by atoms with Gasteiger partial charge in [-0.05, 0) is 57.8 Å². The van der Waals surface area contributed by atoms with E-state index in [1.807, 2.05) is 0 Å². The summed E-state index contributed by atoms with van der Waals surface area (Å²) in [6, 6.07) is 0. The molecule has 1 atom stereocenters. The Bertz CT molecular complexity index is 800. The monoisotopic (exact) mass is 751 g/mol. The van der Waals surface area contributed by atoms with E-state index < -0.39 is 0 Å². The summed E-state index contributed by atoms with van der Waals surface area (Å²) in [6.45, 7) is 9.27. The molecule has 0 bridgehead atoms. The van der Waals surface area contributed by atoms with Crippen LogP contribution in [-0.4, -0.2) is 60.2 Å². The molecule has 314 valence electrons. The fourth-order valence-corrected chi connectivity index (χ4v) is 7.24. The smallest absolute Gasteiger partial charge is 0.306 e. The molecule has 6 nitrogen and oxygen atoms in total. The van der Waals surface area contributed by atoms with Crippen LogP contribution in [0.3, 0.4) is 0 Å². The Hall–Kier alpha value is -1.43. The molecule has 0 saturated heterocycles. The standard InChI is InChI=1S/C47H92NO5/c1-4-7-10-13-15-16-18-23-30-37-45(36-29-12-9-6-3)53-47(51)39-32-25-19-17-20-26-33-40-48(42-43-49)41-34-27-21-22-28-35-44-52-46(50)38-31-24-14-11-8-5-2/h41,45,49H,4-40,42-44H2,1-3H3/q+1. The lowest BCUT2D eigenvalue weighted by atomic mass is 10.0. The summed E-state index contributed by atoms with van der Waals surface area (Å²) < 4.78 is 13.7. The molecule has 0 saturated carbocycles. The number of nitrogens with zero attached hydrogens (tertiary/aromatic N) is 1. The molecule has 0 heterocycles. The maximum Gasteiger partial charge on any atom is 0.306 e. The SMILES string of the molecule is CCCCCCCCCCCC(CCCCCC)OC(=O)CCCCCCCCC[N+](=CCCCCCCCOC(=O)CCCCCCCC)CCO. The van der Waals surface area contributed by atoms with Gasteiger partial charge >= 0.3 is 11.9 Å². The summed E-state index contributed by atoms with van der Waals surface area (Å²) in [5.74, 6) is 0.00207. The van der Waals surface area contributed by atoms with E-state index in [9.17, 15) is 14.7 Å². The highest BCUT2D eigenvalue weighted by atomic mass is 16.5. The van der Waals surface area contributed by atoms with Crippen molar-refractivity contribution in [2.24, 2.45) is 0 Å². The minimum atomic E-state index is -0.0241. The maximum atomic E-state index is 12.7. The molecule has 1 N–H and O–H groups in total. The van der Waals surface area contributed by atoms with Crippen molar-refractivity contribution in [3.8, 4) is 0 Å². The highest BCUT2D eigenvalue weighted by molar-refractivity contribution is 5.69. The average Bonchev–Trinajstić information content (AvgIpc) is 3.15. The number of rotatable bonds is 43. The third-order valence-corrected chi connectivity index (χ3v) is 10.8. The topological polar surface area (TPSA) is 75.8 Å². The summed E-state index contributed by atoms with van der Waals surface area (Å²) in [6.07, 6.45) is 44.6. The van der Waals surface area contributed by atoms with Gasteiger partial charge < -0.3 is 14.6 Å². The van der Waals surface area contributed by atoms with Crippen LogP contribution in [0.4, 0.5) is 0 Å². The predicted molar refractivity (Wildman–Crippen MR) is 227 cm³/mol. The molecule has 0 spiro atoms. The lowest BCUT2D eigenvalue weighted by Crippen LogP contribution is -2.19. The van der Waals surface area contributed by atoms with Crippen LogP contribution >= 0.6 is 0 Å². The third-order valence-electron chi connectivity index (χ3n) is 10.8. The molecular weight excluding hydrogens is 659 g/mol. The summed E-state index contributed by atoms with van der Waals surface area (Å²) in [7, 11) is 0. The fourth-order valence-electron chi connectivity index (χ4n) is 7.24. The number of carbonyl (C=O) groups is 2. The Morgan fingerprint density at radius 2 is 0.906 bits per heavy atom. The van der Waals surface area contributed by atoms with Gasteiger partial charge in [0, 0.05) is 25.7 Å². The second kappa shape index (κ2) is 43.3. The van der Waals surface area contributed by atoms with Gasteiger partial charge in [-0.25, -0.2) is 4.58 Å². The largest absolute Gasteiger partial charge is 0.466 e. The van der Waals surface area contributed by atoms with Crippen LogP contribution in [0.1, 0.15) is 252 Å². The van der Waals surface area contributed by atoms with Crippen molar-refractivity contribution in [3.05, 3.63) is 0 Å². The molecule has 0 aromatic rings. The number of hydrogen-bond donors (Lipinski definition) is 1. The summed E-state index contributed by atoms with van der Waals surface area (Å²) in [4.78, 5) is 24.5. The van der Waals surface area contributed by atoms with Gasteiger partial charge in [-0.1, -0.05) is 168 Å². The summed E-state index contributed by atoms with van der Waals surface area (Å²) in [5.41, 5.74) is 0. The van der Waals surface area contributed by atoms with Crippen LogP contribution in [0.15, 0.2) is 0 Å². The average molecular weight is 751 g/mol. The second-order valence-electron chi connectivity index (χ2n) is 16.0. The molecule has 0 aromatic carbocycles. The molecule has 0 rings (SSSR count). The molecule has 1 unspecified atom stereocenters. The van der Waals surface area contributed by atoms with Crippen LogP contribution < -0.4 is 0 Å². The molecule has 0 aliphatic carbocycles. The molecule has 0 aliphatic rings. The van der Waals surface area contributed by atoms with Gasteiger partial charge in [-0.15, -0.1) is 0 Å². The Labute approximate surface area is 330 Å². The first-order chi connectivity index (χ1) is 26.1. The number of aliphatic hydroxyl groups excluding tert-OH is 1. The third kappa shape index (κ3) is 40.1. The summed E-state index contributed by atoms with van der Waals surface area (Å²) in [5, 5.41) is 9.52. The Balaban J connectivity index is 3.91. The van der Waals surface area contributed by atoms with Gasteiger partial charge in [-0.3, -0.25) is 9.59 Å². The predicted octanol–water partition coefficient (Wildman–Crippen LogP) is 13.6. The van der Waals surface area contributed by atoms with E-state index in [0.717, 1.165) is 70.9 Å². The van der Waals surface area contributed by atoms with Crippen molar-refractivity contribution in [1.29, 1.82) is 0 Å². The molecule has 53 heavy (non-hydrogen) atoms. The molecule has 0 aromatic heterocycles. The molecule has 0 aliphatic heterocycles. The number of aliphatic hydroxyl groups is 1. The van der Waals surface area contributed by atoms with Crippen molar-refractivity contribution in [2.45, 2.75) is 258 Å². The minimum Gasteiger partial charge on any atom is -0.466 e. The minimum absolute atomic E-state index is 0.0241. The zero-order valence-electron chi connectivity index (χ0n) is 36.0.